The van der Waals surface area contributed by atoms with Gasteiger partial charge in [-0.05, 0) is 63.6 Å². The zero-order valence-electron chi connectivity index (χ0n) is 16.3. The number of ether oxygens (including phenoxy) is 1. The van der Waals surface area contributed by atoms with Crippen molar-refractivity contribution in [3.05, 3.63) is 94.5 Å². The highest BCUT2D eigenvalue weighted by Crippen LogP contribution is 2.44. The summed E-state index contributed by atoms with van der Waals surface area (Å²) >= 11 is 0. The second kappa shape index (κ2) is 6.78. The van der Waals surface area contributed by atoms with Crippen LogP contribution in [0.1, 0.15) is 56.2 Å². The van der Waals surface area contributed by atoms with Crippen molar-refractivity contribution in [2.45, 2.75) is 25.2 Å². The Bertz CT molecular complexity index is 1350. The average Bonchev–Trinajstić information content (AvgIpc) is 3.06. The van der Waals surface area contributed by atoms with Crippen molar-refractivity contribution >= 4 is 33.5 Å². The number of cyclic esters (lactones) is 2. The molecular formula is C26H20O4. The molecule has 0 aromatic heterocycles. The van der Waals surface area contributed by atoms with Gasteiger partial charge in [-0.25, -0.2) is 9.59 Å². The second-order valence-corrected chi connectivity index (χ2v) is 7.91. The molecule has 30 heavy (non-hydrogen) atoms. The Kier molecular flexibility index (Phi) is 4.19. The first-order valence-electron chi connectivity index (χ1n) is 10.0. The zero-order chi connectivity index (χ0) is 19.5. The maximum atomic E-state index is 12.4. The number of hydrogen-bond acceptors (Lipinski definition) is 3. The molecule has 4 aromatic rings. The molecule has 4 aromatic carbocycles. The van der Waals surface area contributed by atoms with Crippen molar-refractivity contribution in [1.82, 2.24) is 0 Å². The molecule has 1 aliphatic heterocycles. The van der Waals surface area contributed by atoms with E-state index in [0.29, 0.717) is 11.1 Å². The first-order chi connectivity index (χ1) is 14.2. The Balaban J connectivity index is 0.00000193. The van der Waals surface area contributed by atoms with Gasteiger partial charge in [-0.1, -0.05) is 60.7 Å². The lowest BCUT2D eigenvalue weighted by atomic mass is 9.75. The first-order valence-corrected chi connectivity index (χ1v) is 10.0. The highest BCUT2D eigenvalue weighted by Gasteiger charge is 2.36. The van der Waals surface area contributed by atoms with Crippen LogP contribution in [0, 0.1) is 0 Å². The van der Waals surface area contributed by atoms with E-state index in [0.717, 1.165) is 24.8 Å². The third-order valence-electron chi connectivity index (χ3n) is 6.43. The molecule has 1 atom stereocenters. The predicted molar refractivity (Wildman–Crippen MR) is 116 cm³/mol. The van der Waals surface area contributed by atoms with Crippen LogP contribution in [0.15, 0.2) is 66.7 Å². The van der Waals surface area contributed by atoms with Crippen LogP contribution in [-0.2, 0) is 11.2 Å². The van der Waals surface area contributed by atoms with Crippen molar-refractivity contribution < 1.29 is 19.8 Å². The summed E-state index contributed by atoms with van der Waals surface area (Å²) in [7, 11) is 0. The molecule has 0 bridgehead atoms. The van der Waals surface area contributed by atoms with Crippen molar-refractivity contribution in [1.29, 1.82) is 0 Å². The van der Waals surface area contributed by atoms with Crippen LogP contribution in [0.4, 0.5) is 0 Å². The van der Waals surface area contributed by atoms with E-state index < -0.39 is 11.9 Å². The Labute approximate surface area is 173 Å². The van der Waals surface area contributed by atoms with Crippen LogP contribution in [-0.4, -0.2) is 17.4 Å². The molecule has 1 heterocycles. The van der Waals surface area contributed by atoms with Gasteiger partial charge in [0, 0.05) is 5.92 Å². The minimum Gasteiger partial charge on any atom is -0.412 e. The molecule has 0 spiro atoms. The van der Waals surface area contributed by atoms with E-state index in [1.165, 1.54) is 32.7 Å². The van der Waals surface area contributed by atoms with E-state index in [2.05, 4.69) is 48.5 Å². The summed E-state index contributed by atoms with van der Waals surface area (Å²) in [6.07, 6.45) is 3.05. The fraction of sp³-hybridized carbons (Fsp3) is 0.154. The molecule has 2 aliphatic rings. The van der Waals surface area contributed by atoms with Gasteiger partial charge < -0.3 is 10.2 Å². The largest absolute Gasteiger partial charge is 0.412 e. The highest BCUT2D eigenvalue weighted by molar-refractivity contribution is 6.16. The lowest BCUT2D eigenvalue weighted by Crippen LogP contribution is -2.15. The quantitative estimate of drug-likeness (QED) is 0.260. The summed E-state index contributed by atoms with van der Waals surface area (Å²) in [4.78, 5) is 24.5. The zero-order valence-corrected chi connectivity index (χ0v) is 16.3. The van der Waals surface area contributed by atoms with E-state index in [-0.39, 0.29) is 11.4 Å². The number of aryl methyl sites for hydroxylation is 1. The van der Waals surface area contributed by atoms with Crippen LogP contribution in [0.3, 0.4) is 0 Å². The van der Waals surface area contributed by atoms with Crippen LogP contribution in [0.25, 0.3) is 21.5 Å². The molecular weight excluding hydrogens is 376 g/mol. The molecule has 2 N–H and O–H groups in total. The monoisotopic (exact) mass is 396 g/mol. The lowest BCUT2D eigenvalue weighted by Gasteiger charge is -2.28. The van der Waals surface area contributed by atoms with Gasteiger partial charge in [0.05, 0.1) is 11.1 Å². The minimum absolute atomic E-state index is 0. The van der Waals surface area contributed by atoms with E-state index in [4.69, 9.17) is 4.74 Å². The van der Waals surface area contributed by atoms with E-state index in [1.807, 2.05) is 12.1 Å². The molecule has 0 radical (unpaired) electrons. The van der Waals surface area contributed by atoms with Gasteiger partial charge in [0.25, 0.3) is 0 Å². The van der Waals surface area contributed by atoms with E-state index in [9.17, 15) is 9.59 Å². The summed E-state index contributed by atoms with van der Waals surface area (Å²) in [5.74, 6) is -0.970. The smallest absolute Gasteiger partial charge is 0.347 e. The molecule has 4 heteroatoms. The van der Waals surface area contributed by atoms with Crippen molar-refractivity contribution in [3.63, 3.8) is 0 Å². The van der Waals surface area contributed by atoms with Crippen LogP contribution in [0.5, 0.6) is 0 Å². The summed E-state index contributed by atoms with van der Waals surface area (Å²) in [6.45, 7) is 0. The Morgan fingerprint density at radius 2 is 1.60 bits per heavy atom. The number of carbonyl (C=O) groups is 2. The highest BCUT2D eigenvalue weighted by atomic mass is 16.6. The van der Waals surface area contributed by atoms with Crippen molar-refractivity contribution in [2.75, 3.05) is 0 Å². The third kappa shape index (κ3) is 2.50. The summed E-state index contributed by atoms with van der Waals surface area (Å²) in [5, 5.41) is 4.94. The topological polar surface area (TPSA) is 74.9 Å². The number of benzene rings is 4. The minimum atomic E-state index is -0.535. The molecule has 6 rings (SSSR count). The summed E-state index contributed by atoms with van der Waals surface area (Å²) in [6, 6.07) is 22.8. The Morgan fingerprint density at radius 3 is 2.50 bits per heavy atom. The molecule has 1 aliphatic carbocycles. The fourth-order valence-electron chi connectivity index (χ4n) is 5.19. The average molecular weight is 396 g/mol. The van der Waals surface area contributed by atoms with E-state index in [1.54, 1.807) is 6.07 Å². The van der Waals surface area contributed by atoms with Gasteiger partial charge >= 0.3 is 11.9 Å². The maximum Gasteiger partial charge on any atom is 0.347 e. The number of hydrogen-bond donors (Lipinski definition) is 0. The van der Waals surface area contributed by atoms with Gasteiger partial charge in [0.2, 0.25) is 0 Å². The summed E-state index contributed by atoms with van der Waals surface area (Å²) in [5.41, 5.74) is 4.39. The lowest BCUT2D eigenvalue weighted by molar-refractivity contribution is 0.0443. The second-order valence-electron chi connectivity index (χ2n) is 7.91. The molecule has 0 fully saturated rings. The van der Waals surface area contributed by atoms with Gasteiger partial charge in [0.1, 0.15) is 0 Å². The molecule has 4 nitrogen and oxygen atoms in total. The predicted octanol–water partition coefficient (Wildman–Crippen LogP) is 4.95. The van der Waals surface area contributed by atoms with Crippen molar-refractivity contribution in [3.8, 4) is 0 Å². The van der Waals surface area contributed by atoms with Crippen LogP contribution < -0.4 is 0 Å². The fourth-order valence-corrected chi connectivity index (χ4v) is 5.19. The van der Waals surface area contributed by atoms with Gasteiger partial charge in [0.15, 0.2) is 0 Å². The number of carbonyl (C=O) groups excluding carboxylic acids is 2. The van der Waals surface area contributed by atoms with Gasteiger partial charge in [-0.2, -0.15) is 0 Å². The SMILES string of the molecule is O.O=C1OC(=O)c2c1cccc2C1CCCc2ccc3c(ccc4ccccc43)c21. The van der Waals surface area contributed by atoms with Crippen LogP contribution >= 0.6 is 0 Å². The first kappa shape index (κ1) is 18.5. The molecule has 148 valence electrons. The van der Waals surface area contributed by atoms with E-state index >= 15 is 0 Å². The molecule has 0 saturated carbocycles. The normalized spacial score (nSPS) is 17.4. The van der Waals surface area contributed by atoms with Gasteiger partial charge in [-0.15, -0.1) is 0 Å². The summed E-state index contributed by atoms with van der Waals surface area (Å²) < 4.78 is 4.92. The molecule has 1 unspecified atom stereocenters. The Morgan fingerprint density at radius 1 is 0.767 bits per heavy atom. The number of rotatable bonds is 1. The van der Waals surface area contributed by atoms with Crippen LogP contribution in [0.2, 0.25) is 0 Å². The van der Waals surface area contributed by atoms with Crippen molar-refractivity contribution in [2.24, 2.45) is 0 Å². The van der Waals surface area contributed by atoms with Gasteiger partial charge in [-0.3, -0.25) is 0 Å². The standard InChI is InChI=1S/C26H18O3.H2O/c27-25-22-10-4-9-20(24(22)26(28)29-25)19-8-3-6-16-12-13-18-17-7-2-1-5-15(17)11-14-21(18)23(16)19;/h1-2,4-5,7,9-14,19H,3,6,8H2;1H2. The Hall–Kier alpha value is -3.50. The maximum absolute atomic E-state index is 12.4. The third-order valence-corrected chi connectivity index (χ3v) is 6.43. The number of fused-ring (bicyclic) bond motifs is 6. The molecule has 0 amide bonds. The number of esters is 2. The molecule has 0 saturated heterocycles.